The van der Waals surface area contributed by atoms with Crippen LogP contribution in [0.4, 0.5) is 23.2 Å². The molecule has 0 unspecified atom stereocenters. The molecule has 3 aliphatic rings. The lowest BCUT2D eigenvalue weighted by Crippen LogP contribution is -2.68. The quantitative estimate of drug-likeness (QED) is 0.209. The Kier molecular flexibility index (Phi) is 5.89. The minimum atomic E-state index is -5.44. The number of β-lactam (4-membered cyclic amide) rings is 1. The second-order valence-electron chi connectivity index (χ2n) is 7.47. The molecule has 2 fully saturated rings. The topological polar surface area (TPSA) is 130 Å². The summed E-state index contributed by atoms with van der Waals surface area (Å²) in [7, 11) is 0. The largest absolute Gasteiger partial charge is 0.503 e. The second-order valence-corrected chi connectivity index (χ2v) is 8.57. The van der Waals surface area contributed by atoms with Gasteiger partial charge in [-0.2, -0.15) is 13.2 Å². The number of amides is 2. The predicted molar refractivity (Wildman–Crippen MR) is 108 cm³/mol. The molecule has 2 saturated heterocycles. The van der Waals surface area contributed by atoms with Crippen LogP contribution in [0.1, 0.15) is 6.42 Å². The molecular formula is C20H15F4N3O6S. The Morgan fingerprint density at radius 2 is 1.97 bits per heavy atom. The Morgan fingerprint density at radius 3 is 2.65 bits per heavy atom. The van der Waals surface area contributed by atoms with Crippen LogP contribution < -0.4 is 10.6 Å². The number of alkyl halides is 3. The van der Waals surface area contributed by atoms with Crippen molar-refractivity contribution in [3.63, 3.8) is 0 Å². The number of nitrogens with zero attached hydrogens (tertiary/aromatic N) is 2. The number of carbonyl (C=O) groups is 4. The van der Waals surface area contributed by atoms with E-state index in [1.165, 1.54) is 18.2 Å². The first kappa shape index (κ1) is 23.8. The first-order chi connectivity index (χ1) is 15.9. The molecule has 2 amide bonds. The van der Waals surface area contributed by atoms with Gasteiger partial charge < -0.3 is 20.5 Å². The van der Waals surface area contributed by atoms with E-state index in [4.69, 9.17) is 5.73 Å². The Balaban J connectivity index is 1.69. The average Bonchev–Trinajstić information content (AvgIpc) is 3.13. The third-order valence-corrected chi connectivity index (χ3v) is 6.70. The molecule has 2 atom stereocenters. The van der Waals surface area contributed by atoms with Crippen molar-refractivity contribution in [3.05, 3.63) is 46.9 Å². The van der Waals surface area contributed by atoms with E-state index in [0.717, 1.165) is 27.6 Å². The number of halogens is 4. The van der Waals surface area contributed by atoms with Crippen LogP contribution in [0.25, 0.3) is 0 Å². The van der Waals surface area contributed by atoms with Crippen LogP contribution in [-0.2, 0) is 23.9 Å². The molecule has 3 heterocycles. The van der Waals surface area contributed by atoms with Gasteiger partial charge in [0.25, 0.3) is 5.91 Å². The van der Waals surface area contributed by atoms with E-state index in [0.29, 0.717) is 0 Å². The van der Waals surface area contributed by atoms with Gasteiger partial charge in [-0.05, 0) is 30.2 Å². The minimum Gasteiger partial charge on any atom is -0.503 e. The summed E-state index contributed by atoms with van der Waals surface area (Å²) in [5.41, 5.74) is 5.06. The average molecular weight is 501 g/mol. The molecular weight excluding hydrogens is 486 g/mol. The van der Waals surface area contributed by atoms with Gasteiger partial charge in [-0.3, -0.25) is 14.5 Å². The van der Waals surface area contributed by atoms with Crippen LogP contribution in [0.3, 0.4) is 0 Å². The number of nitrogens with two attached hydrogens (primary N) is 1. The van der Waals surface area contributed by atoms with Crippen LogP contribution in [0, 0.1) is 5.82 Å². The molecule has 0 aromatic heterocycles. The fraction of sp³-hybridized carbons (Fsp3) is 0.300. The van der Waals surface area contributed by atoms with Crippen molar-refractivity contribution in [1.82, 2.24) is 4.90 Å². The van der Waals surface area contributed by atoms with Gasteiger partial charge in [0.2, 0.25) is 5.91 Å². The summed E-state index contributed by atoms with van der Waals surface area (Å²) in [6.45, 7) is 0.0462. The SMILES string of the molecule is N[C@@H]1C(=O)N2C(C(=O)OC(=O)C(F)(F)F)=C(/C=C3\CCN(c4cccc(F)c4O)C3=O)CS[C@H]12. The summed E-state index contributed by atoms with van der Waals surface area (Å²) in [6, 6.07) is 2.63. The lowest BCUT2D eigenvalue weighted by Gasteiger charge is -2.48. The van der Waals surface area contributed by atoms with Gasteiger partial charge in [0.05, 0.1) is 5.69 Å². The van der Waals surface area contributed by atoms with Gasteiger partial charge in [-0.1, -0.05) is 6.07 Å². The molecule has 180 valence electrons. The van der Waals surface area contributed by atoms with Crippen LogP contribution in [-0.4, -0.2) is 63.6 Å². The van der Waals surface area contributed by atoms with Crippen LogP contribution in [0.5, 0.6) is 5.75 Å². The van der Waals surface area contributed by atoms with Crippen molar-refractivity contribution in [2.75, 3.05) is 17.2 Å². The predicted octanol–water partition coefficient (Wildman–Crippen LogP) is 1.32. The second kappa shape index (κ2) is 8.43. The standard InChI is InChI=1S/C20H15F4N3O6S/c21-10-2-1-3-11(14(10)28)26-5-4-8(15(26)29)6-9-7-34-17-12(25)16(30)27(17)13(9)18(31)33-19(32)20(22,23)24/h1-3,6,12,17,28H,4-5,7,25H2/b8-6+/t12-,17-/m1/s1. The maximum atomic E-state index is 13.7. The molecule has 0 aliphatic carbocycles. The highest BCUT2D eigenvalue weighted by Gasteiger charge is 2.53. The normalized spacial score (nSPS) is 23.9. The molecule has 0 spiro atoms. The fourth-order valence-electron chi connectivity index (χ4n) is 3.74. The number of phenols is 1. The Hall–Kier alpha value is -3.39. The molecule has 3 N–H and O–H groups in total. The highest BCUT2D eigenvalue weighted by Crippen LogP contribution is 2.41. The molecule has 14 heteroatoms. The first-order valence-electron chi connectivity index (χ1n) is 9.68. The van der Waals surface area contributed by atoms with Gasteiger partial charge in [-0.15, -0.1) is 11.8 Å². The number of ether oxygens (including phenoxy) is 1. The van der Waals surface area contributed by atoms with E-state index < -0.39 is 58.6 Å². The number of benzene rings is 1. The number of esters is 2. The zero-order chi connectivity index (χ0) is 24.9. The van der Waals surface area contributed by atoms with Crippen LogP contribution >= 0.6 is 11.8 Å². The maximum Gasteiger partial charge on any atom is 0.491 e. The van der Waals surface area contributed by atoms with Crippen molar-refractivity contribution in [2.45, 2.75) is 24.0 Å². The van der Waals surface area contributed by atoms with E-state index in [1.807, 2.05) is 0 Å². The summed E-state index contributed by atoms with van der Waals surface area (Å²) in [5.74, 6) is -7.56. The molecule has 0 radical (unpaired) electrons. The molecule has 3 aliphatic heterocycles. The summed E-state index contributed by atoms with van der Waals surface area (Å²) in [4.78, 5) is 50.7. The van der Waals surface area contributed by atoms with Crippen LogP contribution in [0.15, 0.2) is 41.1 Å². The zero-order valence-electron chi connectivity index (χ0n) is 17.0. The van der Waals surface area contributed by atoms with Crippen molar-refractivity contribution in [1.29, 1.82) is 0 Å². The number of anilines is 1. The summed E-state index contributed by atoms with van der Waals surface area (Å²) < 4.78 is 55.4. The monoisotopic (exact) mass is 501 g/mol. The number of phenolic OH excluding ortho intramolecular Hbond substituents is 1. The van der Waals surface area contributed by atoms with E-state index in [-0.39, 0.29) is 35.6 Å². The third-order valence-electron chi connectivity index (χ3n) is 5.38. The molecule has 1 aromatic rings. The molecule has 0 bridgehead atoms. The number of thioether (sulfide) groups is 1. The van der Waals surface area contributed by atoms with Crippen molar-refractivity contribution in [2.24, 2.45) is 5.73 Å². The fourth-order valence-corrected chi connectivity index (χ4v) is 4.99. The number of allylic oxidation sites excluding steroid dienone is 1. The van der Waals surface area contributed by atoms with E-state index in [9.17, 15) is 41.8 Å². The summed E-state index contributed by atoms with van der Waals surface area (Å²) in [6.07, 6.45) is -4.14. The number of hydrogen-bond acceptors (Lipinski definition) is 8. The number of aromatic hydroxyl groups is 1. The lowest BCUT2D eigenvalue weighted by atomic mass is 10.0. The molecule has 34 heavy (non-hydrogen) atoms. The first-order valence-corrected chi connectivity index (χ1v) is 10.7. The Labute approximate surface area is 192 Å². The number of hydrogen-bond donors (Lipinski definition) is 2. The highest BCUT2D eigenvalue weighted by molar-refractivity contribution is 8.00. The molecule has 4 rings (SSSR count). The molecule has 1 aromatic carbocycles. The van der Waals surface area contributed by atoms with Crippen molar-refractivity contribution in [3.8, 4) is 5.75 Å². The van der Waals surface area contributed by atoms with Gasteiger partial charge in [0.15, 0.2) is 11.6 Å². The highest BCUT2D eigenvalue weighted by atomic mass is 32.2. The molecule has 9 nitrogen and oxygen atoms in total. The van der Waals surface area contributed by atoms with E-state index in [1.54, 1.807) is 0 Å². The summed E-state index contributed by atoms with van der Waals surface area (Å²) in [5, 5.41) is 9.18. The van der Waals surface area contributed by atoms with Gasteiger partial charge >= 0.3 is 18.1 Å². The number of rotatable bonds is 3. The third kappa shape index (κ3) is 3.92. The van der Waals surface area contributed by atoms with Crippen molar-refractivity contribution >= 4 is 41.2 Å². The minimum absolute atomic E-state index is 0.0184. The maximum absolute atomic E-state index is 13.7. The molecule has 0 saturated carbocycles. The van der Waals surface area contributed by atoms with E-state index >= 15 is 0 Å². The van der Waals surface area contributed by atoms with E-state index in [2.05, 4.69) is 4.74 Å². The number of carbonyl (C=O) groups excluding carboxylic acids is 4. The van der Waals surface area contributed by atoms with Gasteiger partial charge in [0, 0.05) is 17.9 Å². The van der Waals surface area contributed by atoms with Gasteiger partial charge in [-0.25, -0.2) is 14.0 Å². The summed E-state index contributed by atoms with van der Waals surface area (Å²) >= 11 is 1.11. The van der Waals surface area contributed by atoms with Gasteiger partial charge in [0.1, 0.15) is 17.1 Å². The Morgan fingerprint density at radius 1 is 1.26 bits per heavy atom. The zero-order valence-corrected chi connectivity index (χ0v) is 17.8. The smallest absolute Gasteiger partial charge is 0.491 e. The van der Waals surface area contributed by atoms with Crippen molar-refractivity contribution < 1.29 is 46.6 Å². The van der Waals surface area contributed by atoms with Crippen LogP contribution in [0.2, 0.25) is 0 Å². The lowest BCUT2D eigenvalue weighted by molar-refractivity contribution is -0.201. The number of fused-ring (bicyclic) bond motifs is 1. The number of para-hydroxylation sites is 1. The Bertz CT molecular complexity index is 1180.